The van der Waals surface area contributed by atoms with E-state index in [0.717, 1.165) is 50.0 Å². The number of H-pyrrole nitrogens is 1. The van der Waals surface area contributed by atoms with E-state index in [1.807, 2.05) is 24.3 Å². The first-order chi connectivity index (χ1) is 12.3. The number of morpholine rings is 1. The summed E-state index contributed by atoms with van der Waals surface area (Å²) in [6.45, 7) is 4.19. The van der Waals surface area contributed by atoms with E-state index in [2.05, 4.69) is 20.4 Å². The van der Waals surface area contributed by atoms with E-state index in [1.54, 1.807) is 0 Å². The van der Waals surface area contributed by atoms with Gasteiger partial charge in [-0.1, -0.05) is 37.5 Å². The molecule has 0 unspecified atom stereocenters. The molecule has 6 heteroatoms. The maximum Gasteiger partial charge on any atom is 0.272 e. The number of rotatable bonds is 4. The van der Waals surface area contributed by atoms with E-state index >= 15 is 0 Å². The average molecular weight is 342 g/mol. The van der Waals surface area contributed by atoms with Crippen molar-refractivity contribution in [2.45, 2.75) is 37.6 Å². The van der Waals surface area contributed by atoms with Crippen LogP contribution in [0, 0.1) is 0 Å². The maximum absolute atomic E-state index is 12.8. The van der Waals surface area contributed by atoms with Crippen LogP contribution in [0.15, 0.2) is 24.3 Å². The van der Waals surface area contributed by atoms with Crippen LogP contribution in [0.3, 0.4) is 0 Å². The minimum Gasteiger partial charge on any atom is -0.379 e. The molecule has 2 aliphatic rings. The highest BCUT2D eigenvalue weighted by atomic mass is 16.5. The normalized spacial score (nSPS) is 21.3. The third-order valence-electron chi connectivity index (χ3n) is 5.73. The third-order valence-corrected chi connectivity index (χ3v) is 5.73. The second-order valence-corrected chi connectivity index (χ2v) is 7.18. The van der Waals surface area contributed by atoms with E-state index in [9.17, 15) is 4.79 Å². The molecule has 1 aliphatic heterocycles. The van der Waals surface area contributed by atoms with Crippen LogP contribution >= 0.6 is 0 Å². The standard InChI is InChI=1S/C19H26N4O2/c24-18(17-15-6-2-3-7-16(15)21-22-17)20-14-19(8-4-1-5-9-19)23-10-12-25-13-11-23/h2-3,6-7H,1,4-5,8-14H2,(H,20,24)(H,21,22). The zero-order valence-electron chi connectivity index (χ0n) is 14.6. The van der Waals surface area contributed by atoms with Gasteiger partial charge in [-0.15, -0.1) is 0 Å². The minimum absolute atomic E-state index is 0.0732. The summed E-state index contributed by atoms with van der Waals surface area (Å²) in [4.78, 5) is 15.3. The van der Waals surface area contributed by atoms with Crippen LogP contribution in [0.4, 0.5) is 0 Å². The highest BCUT2D eigenvalue weighted by molar-refractivity contribution is 6.04. The van der Waals surface area contributed by atoms with Crippen LogP contribution in [0.1, 0.15) is 42.6 Å². The Balaban J connectivity index is 1.49. The SMILES string of the molecule is O=C(NCC1(N2CCOCC2)CCCCC1)c1n[nH]c2ccccc12. The predicted molar refractivity (Wildman–Crippen MR) is 96.6 cm³/mol. The van der Waals surface area contributed by atoms with Crippen molar-refractivity contribution in [1.82, 2.24) is 20.4 Å². The fourth-order valence-corrected chi connectivity index (χ4v) is 4.32. The Labute approximate surface area is 147 Å². The number of para-hydroxylation sites is 1. The van der Waals surface area contributed by atoms with Crippen LogP contribution in [-0.2, 0) is 4.74 Å². The van der Waals surface area contributed by atoms with Gasteiger partial charge >= 0.3 is 0 Å². The lowest BCUT2D eigenvalue weighted by atomic mass is 9.79. The summed E-state index contributed by atoms with van der Waals surface area (Å²) in [5, 5.41) is 11.2. The van der Waals surface area contributed by atoms with Crippen molar-refractivity contribution < 1.29 is 9.53 Å². The molecule has 1 saturated heterocycles. The number of nitrogens with zero attached hydrogens (tertiary/aromatic N) is 2. The second kappa shape index (κ2) is 7.14. The van der Waals surface area contributed by atoms with Crippen molar-refractivity contribution in [2.24, 2.45) is 0 Å². The van der Waals surface area contributed by atoms with Crippen molar-refractivity contribution in [1.29, 1.82) is 0 Å². The molecule has 134 valence electrons. The van der Waals surface area contributed by atoms with E-state index in [-0.39, 0.29) is 11.4 Å². The van der Waals surface area contributed by atoms with Gasteiger partial charge in [0.1, 0.15) is 0 Å². The number of carbonyl (C=O) groups is 1. The molecule has 4 rings (SSSR count). The number of aromatic amines is 1. The lowest BCUT2D eigenvalue weighted by Crippen LogP contribution is -2.59. The van der Waals surface area contributed by atoms with Crippen LogP contribution in [0.5, 0.6) is 0 Å². The largest absolute Gasteiger partial charge is 0.379 e. The van der Waals surface area contributed by atoms with Crippen molar-refractivity contribution in [3.05, 3.63) is 30.0 Å². The predicted octanol–water partition coefficient (Wildman–Crippen LogP) is 2.33. The molecule has 0 bridgehead atoms. The number of hydrogen-bond donors (Lipinski definition) is 2. The molecule has 1 saturated carbocycles. The van der Waals surface area contributed by atoms with Crippen molar-refractivity contribution in [2.75, 3.05) is 32.8 Å². The zero-order chi connectivity index (χ0) is 17.1. The van der Waals surface area contributed by atoms with Crippen LogP contribution in [0.25, 0.3) is 10.9 Å². The van der Waals surface area contributed by atoms with Gasteiger partial charge in [0, 0.05) is 30.6 Å². The Kier molecular flexibility index (Phi) is 4.72. The van der Waals surface area contributed by atoms with Crippen LogP contribution in [0.2, 0.25) is 0 Å². The van der Waals surface area contributed by atoms with Crippen LogP contribution < -0.4 is 5.32 Å². The highest BCUT2D eigenvalue weighted by Gasteiger charge is 2.39. The molecule has 0 spiro atoms. The number of carbonyl (C=O) groups excluding carboxylic acids is 1. The number of aromatic nitrogens is 2. The van der Waals surface area contributed by atoms with Crippen molar-refractivity contribution in [3.8, 4) is 0 Å². The molecule has 0 atom stereocenters. The molecule has 6 nitrogen and oxygen atoms in total. The number of ether oxygens (including phenoxy) is 1. The van der Waals surface area contributed by atoms with Gasteiger partial charge in [0.2, 0.25) is 0 Å². The quantitative estimate of drug-likeness (QED) is 0.895. The Morgan fingerprint density at radius 1 is 1.20 bits per heavy atom. The molecule has 1 aliphatic carbocycles. The molecule has 0 radical (unpaired) electrons. The van der Waals surface area contributed by atoms with Crippen molar-refractivity contribution >= 4 is 16.8 Å². The zero-order valence-corrected chi connectivity index (χ0v) is 14.6. The molecular weight excluding hydrogens is 316 g/mol. The first kappa shape index (κ1) is 16.5. The van der Waals surface area contributed by atoms with Crippen molar-refractivity contribution in [3.63, 3.8) is 0 Å². The lowest BCUT2D eigenvalue weighted by Gasteiger charge is -2.48. The van der Waals surface area contributed by atoms with E-state index in [4.69, 9.17) is 4.74 Å². The van der Waals surface area contributed by atoms with E-state index in [0.29, 0.717) is 12.2 Å². The number of hydrogen-bond acceptors (Lipinski definition) is 4. The summed E-state index contributed by atoms with van der Waals surface area (Å²) in [6, 6.07) is 7.75. The number of fused-ring (bicyclic) bond motifs is 1. The lowest BCUT2D eigenvalue weighted by molar-refractivity contribution is -0.0361. The molecule has 25 heavy (non-hydrogen) atoms. The molecule has 1 aromatic heterocycles. The fraction of sp³-hybridized carbons (Fsp3) is 0.579. The second-order valence-electron chi connectivity index (χ2n) is 7.18. The summed E-state index contributed by atoms with van der Waals surface area (Å²) in [7, 11) is 0. The smallest absolute Gasteiger partial charge is 0.272 e. The van der Waals surface area contributed by atoms with Gasteiger partial charge in [-0.05, 0) is 18.9 Å². The number of amides is 1. The van der Waals surface area contributed by atoms with Gasteiger partial charge in [-0.3, -0.25) is 14.8 Å². The highest BCUT2D eigenvalue weighted by Crippen LogP contribution is 2.34. The maximum atomic E-state index is 12.8. The molecule has 1 amide bonds. The molecule has 2 N–H and O–H groups in total. The summed E-state index contributed by atoms with van der Waals surface area (Å²) in [5.74, 6) is -0.0874. The van der Waals surface area contributed by atoms with E-state index < -0.39 is 0 Å². The summed E-state index contributed by atoms with van der Waals surface area (Å²) < 4.78 is 5.53. The third kappa shape index (κ3) is 3.28. The Hall–Kier alpha value is -1.92. The Morgan fingerprint density at radius 2 is 1.96 bits per heavy atom. The number of nitrogens with one attached hydrogen (secondary N) is 2. The molecular formula is C19H26N4O2. The van der Waals surface area contributed by atoms with Gasteiger partial charge in [0.15, 0.2) is 5.69 Å². The molecule has 1 aromatic carbocycles. The Bertz CT molecular complexity index is 730. The summed E-state index contributed by atoms with van der Waals surface area (Å²) in [5.41, 5.74) is 1.46. The average Bonchev–Trinajstić information content (AvgIpc) is 3.12. The number of benzene rings is 1. The fourth-order valence-electron chi connectivity index (χ4n) is 4.32. The first-order valence-corrected chi connectivity index (χ1v) is 9.33. The monoisotopic (exact) mass is 342 g/mol. The van der Waals surface area contributed by atoms with Gasteiger partial charge in [0.05, 0.1) is 18.7 Å². The van der Waals surface area contributed by atoms with Gasteiger partial charge in [-0.25, -0.2) is 0 Å². The topological polar surface area (TPSA) is 70.2 Å². The minimum atomic E-state index is -0.0874. The molecule has 2 fully saturated rings. The molecule has 2 aromatic rings. The van der Waals surface area contributed by atoms with Gasteiger partial charge < -0.3 is 10.1 Å². The van der Waals surface area contributed by atoms with E-state index in [1.165, 1.54) is 19.3 Å². The summed E-state index contributed by atoms with van der Waals surface area (Å²) >= 11 is 0. The van der Waals surface area contributed by atoms with Crippen LogP contribution in [-0.4, -0.2) is 59.4 Å². The molecule has 2 heterocycles. The van der Waals surface area contributed by atoms with Gasteiger partial charge in [-0.2, -0.15) is 5.10 Å². The van der Waals surface area contributed by atoms with Gasteiger partial charge in [0.25, 0.3) is 5.91 Å². The Morgan fingerprint density at radius 3 is 2.76 bits per heavy atom. The summed E-state index contributed by atoms with van der Waals surface area (Å²) in [6.07, 6.45) is 6.06. The first-order valence-electron chi connectivity index (χ1n) is 9.33.